The molecule has 0 unspecified atom stereocenters. The van der Waals surface area contributed by atoms with Crippen LogP contribution in [-0.4, -0.2) is 30.5 Å². The van der Waals surface area contributed by atoms with Crippen LogP contribution in [0.5, 0.6) is 17.5 Å². The molecule has 0 saturated heterocycles. The molecule has 0 radical (unpaired) electrons. The van der Waals surface area contributed by atoms with Crippen molar-refractivity contribution >= 4 is 0 Å². The van der Waals surface area contributed by atoms with Crippen molar-refractivity contribution in [1.82, 2.24) is 25.4 Å². The summed E-state index contributed by atoms with van der Waals surface area (Å²) in [6.07, 6.45) is 1.64. The molecule has 26 heavy (non-hydrogen) atoms. The molecule has 4 aromatic rings. The van der Waals surface area contributed by atoms with Crippen molar-refractivity contribution in [2.75, 3.05) is 0 Å². The van der Waals surface area contributed by atoms with E-state index in [1.165, 1.54) is 0 Å². The van der Waals surface area contributed by atoms with E-state index in [0.29, 0.717) is 34.4 Å². The minimum Gasteiger partial charge on any atom is -0.507 e. The van der Waals surface area contributed by atoms with E-state index in [9.17, 15) is 5.11 Å². The first-order valence-electron chi connectivity index (χ1n) is 7.85. The molecule has 0 atom stereocenters. The first-order valence-corrected chi connectivity index (χ1v) is 7.85. The van der Waals surface area contributed by atoms with E-state index in [4.69, 9.17) is 4.74 Å². The Hall–Kier alpha value is -3.87. The zero-order valence-electron chi connectivity index (χ0n) is 13.5. The maximum absolute atomic E-state index is 10.0. The minimum absolute atomic E-state index is 0.124. The Morgan fingerprint density at radius 2 is 1.54 bits per heavy atom. The van der Waals surface area contributed by atoms with Gasteiger partial charge in [0.15, 0.2) is 0 Å². The molecule has 0 aliphatic heterocycles. The maximum Gasteiger partial charge on any atom is 0.221 e. The average Bonchev–Trinajstić information content (AvgIpc) is 2.69. The second kappa shape index (κ2) is 6.94. The van der Waals surface area contributed by atoms with Crippen molar-refractivity contribution in [2.24, 2.45) is 0 Å². The lowest BCUT2D eigenvalue weighted by molar-refractivity contribution is 0.445. The standard InChI is InChI=1S/C19H13N5O2/c25-17-8-2-1-6-13(17)15-12-16(23-24-22-15)14-7-5-10-19(21-14)26-18-9-3-4-11-20-18/h1-12,25H. The minimum atomic E-state index is 0.124. The van der Waals surface area contributed by atoms with E-state index in [1.807, 2.05) is 24.3 Å². The first kappa shape index (κ1) is 15.6. The average molecular weight is 343 g/mol. The zero-order chi connectivity index (χ0) is 17.8. The summed E-state index contributed by atoms with van der Waals surface area (Å²) in [6, 6.07) is 19.4. The van der Waals surface area contributed by atoms with Gasteiger partial charge < -0.3 is 9.84 Å². The van der Waals surface area contributed by atoms with E-state index in [-0.39, 0.29) is 5.75 Å². The molecule has 1 N–H and O–H groups in total. The first-order chi connectivity index (χ1) is 12.8. The van der Waals surface area contributed by atoms with Crippen molar-refractivity contribution < 1.29 is 9.84 Å². The van der Waals surface area contributed by atoms with Crippen molar-refractivity contribution in [3.63, 3.8) is 0 Å². The summed E-state index contributed by atoms with van der Waals surface area (Å²) in [5.74, 6) is 0.968. The van der Waals surface area contributed by atoms with Crippen LogP contribution < -0.4 is 4.74 Å². The summed E-state index contributed by atoms with van der Waals surface area (Å²) < 4.78 is 5.65. The molecule has 0 spiro atoms. The summed E-state index contributed by atoms with van der Waals surface area (Å²) in [7, 11) is 0. The number of benzene rings is 1. The van der Waals surface area contributed by atoms with Gasteiger partial charge in [-0.15, -0.1) is 10.2 Å². The summed E-state index contributed by atoms with van der Waals surface area (Å²) in [4.78, 5) is 8.55. The van der Waals surface area contributed by atoms with E-state index in [0.717, 1.165) is 0 Å². The number of ether oxygens (including phenoxy) is 1. The molecule has 0 aliphatic rings. The van der Waals surface area contributed by atoms with Crippen LogP contribution in [0.4, 0.5) is 0 Å². The third kappa shape index (κ3) is 3.32. The third-order valence-corrected chi connectivity index (χ3v) is 3.59. The molecule has 0 bridgehead atoms. The fourth-order valence-corrected chi connectivity index (χ4v) is 2.38. The highest BCUT2D eigenvalue weighted by molar-refractivity contribution is 5.69. The highest BCUT2D eigenvalue weighted by atomic mass is 16.5. The lowest BCUT2D eigenvalue weighted by Crippen LogP contribution is -1.97. The van der Waals surface area contributed by atoms with Gasteiger partial charge in [-0.2, -0.15) is 0 Å². The van der Waals surface area contributed by atoms with Crippen molar-refractivity contribution in [3.05, 3.63) is 72.9 Å². The van der Waals surface area contributed by atoms with E-state index in [2.05, 4.69) is 25.4 Å². The Bertz CT molecular complexity index is 1040. The van der Waals surface area contributed by atoms with Crippen molar-refractivity contribution in [3.8, 4) is 40.2 Å². The monoisotopic (exact) mass is 343 g/mol. The van der Waals surface area contributed by atoms with Crippen LogP contribution in [0.2, 0.25) is 0 Å². The van der Waals surface area contributed by atoms with Gasteiger partial charge in [0.2, 0.25) is 11.8 Å². The Balaban J connectivity index is 1.67. The van der Waals surface area contributed by atoms with Gasteiger partial charge in [-0.1, -0.05) is 24.3 Å². The summed E-state index contributed by atoms with van der Waals surface area (Å²) in [5.41, 5.74) is 2.17. The predicted octanol–water partition coefficient (Wildman–Crippen LogP) is 3.49. The number of pyridine rings is 2. The van der Waals surface area contributed by atoms with E-state index in [1.54, 1.807) is 48.7 Å². The van der Waals surface area contributed by atoms with Crippen LogP contribution in [0.15, 0.2) is 72.9 Å². The Kier molecular flexibility index (Phi) is 4.17. The number of aromatic nitrogens is 5. The molecule has 3 aromatic heterocycles. The van der Waals surface area contributed by atoms with Crippen molar-refractivity contribution in [1.29, 1.82) is 0 Å². The van der Waals surface area contributed by atoms with Gasteiger partial charge in [0.1, 0.15) is 17.1 Å². The van der Waals surface area contributed by atoms with Crippen LogP contribution in [0.25, 0.3) is 22.6 Å². The van der Waals surface area contributed by atoms with Crippen LogP contribution in [0.3, 0.4) is 0 Å². The predicted molar refractivity (Wildman–Crippen MR) is 94.5 cm³/mol. The van der Waals surface area contributed by atoms with Crippen LogP contribution >= 0.6 is 0 Å². The van der Waals surface area contributed by atoms with Gasteiger partial charge in [0, 0.05) is 23.9 Å². The fourth-order valence-electron chi connectivity index (χ4n) is 2.38. The number of rotatable bonds is 4. The number of aromatic hydroxyl groups is 1. The van der Waals surface area contributed by atoms with Gasteiger partial charge in [0.05, 0.1) is 5.69 Å². The zero-order valence-corrected chi connectivity index (χ0v) is 13.5. The van der Waals surface area contributed by atoms with Crippen LogP contribution in [0.1, 0.15) is 0 Å². The summed E-state index contributed by atoms with van der Waals surface area (Å²) in [5, 5.41) is 21.8. The van der Waals surface area contributed by atoms with Gasteiger partial charge in [-0.3, -0.25) is 0 Å². The topological polar surface area (TPSA) is 93.9 Å². The molecule has 3 heterocycles. The maximum atomic E-state index is 10.0. The molecule has 0 fully saturated rings. The smallest absolute Gasteiger partial charge is 0.221 e. The molecule has 7 heteroatoms. The van der Waals surface area contributed by atoms with Gasteiger partial charge >= 0.3 is 0 Å². The van der Waals surface area contributed by atoms with E-state index >= 15 is 0 Å². The summed E-state index contributed by atoms with van der Waals surface area (Å²) >= 11 is 0. The fraction of sp³-hybridized carbons (Fsp3) is 0. The normalized spacial score (nSPS) is 10.5. The molecule has 0 amide bonds. The van der Waals surface area contributed by atoms with Gasteiger partial charge in [-0.05, 0) is 35.5 Å². The van der Waals surface area contributed by atoms with Crippen molar-refractivity contribution in [2.45, 2.75) is 0 Å². The second-order valence-electron chi connectivity index (χ2n) is 5.35. The van der Waals surface area contributed by atoms with Gasteiger partial charge in [0.25, 0.3) is 0 Å². The number of phenols is 1. The highest BCUT2D eigenvalue weighted by Crippen LogP contribution is 2.28. The molecular weight excluding hydrogens is 330 g/mol. The number of phenolic OH excluding ortho intramolecular Hbond substituents is 1. The van der Waals surface area contributed by atoms with Crippen LogP contribution in [0, 0.1) is 0 Å². The third-order valence-electron chi connectivity index (χ3n) is 3.59. The number of nitrogens with zero attached hydrogens (tertiary/aromatic N) is 5. The lowest BCUT2D eigenvalue weighted by atomic mass is 10.1. The molecule has 4 rings (SSSR count). The van der Waals surface area contributed by atoms with Gasteiger partial charge in [-0.25, -0.2) is 9.97 Å². The quantitative estimate of drug-likeness (QED) is 0.606. The molecule has 0 aliphatic carbocycles. The SMILES string of the molecule is Oc1ccccc1-c1cc(-c2cccc(Oc3ccccn3)n2)nnn1. The Morgan fingerprint density at radius 3 is 2.38 bits per heavy atom. The molecule has 7 nitrogen and oxygen atoms in total. The molecular formula is C19H13N5O2. The summed E-state index contributed by atoms with van der Waals surface area (Å²) in [6.45, 7) is 0. The highest BCUT2D eigenvalue weighted by Gasteiger charge is 2.10. The lowest BCUT2D eigenvalue weighted by Gasteiger charge is -2.06. The van der Waals surface area contributed by atoms with E-state index < -0.39 is 0 Å². The number of para-hydroxylation sites is 1. The molecule has 1 aromatic carbocycles. The Labute approximate surface area is 149 Å². The van der Waals surface area contributed by atoms with Crippen LogP contribution in [-0.2, 0) is 0 Å². The number of hydrogen-bond donors (Lipinski definition) is 1. The Morgan fingerprint density at radius 1 is 0.731 bits per heavy atom. The number of hydrogen-bond acceptors (Lipinski definition) is 7. The molecule has 126 valence electrons. The second-order valence-corrected chi connectivity index (χ2v) is 5.35. The largest absolute Gasteiger partial charge is 0.507 e. The molecule has 0 saturated carbocycles.